The molecule has 2 aliphatic rings. The average molecular weight is 247 g/mol. The second-order valence-electron chi connectivity index (χ2n) is 5.15. The molecule has 96 valence electrons. The number of piperidine rings is 1. The van der Waals surface area contributed by atoms with Gasteiger partial charge >= 0.3 is 6.09 Å². The van der Waals surface area contributed by atoms with Crippen molar-refractivity contribution < 1.29 is 14.6 Å². The lowest BCUT2D eigenvalue weighted by molar-refractivity contribution is 0.0517. The van der Waals surface area contributed by atoms with Crippen LogP contribution in [0, 0.1) is 5.92 Å². The van der Waals surface area contributed by atoms with E-state index in [9.17, 15) is 9.90 Å². The number of hydrogen-bond donors (Lipinski definition) is 1. The Kier molecular flexibility index (Phi) is 2.96. The number of aliphatic hydroxyl groups excluding tert-OH is 1. The Hall–Kier alpha value is -1.55. The molecule has 0 spiro atoms. The van der Waals surface area contributed by atoms with Gasteiger partial charge in [-0.1, -0.05) is 30.3 Å². The molecule has 4 heteroatoms. The second kappa shape index (κ2) is 4.61. The highest BCUT2D eigenvalue weighted by atomic mass is 16.6. The molecule has 0 aromatic heterocycles. The molecule has 1 saturated carbocycles. The first-order valence-electron chi connectivity index (χ1n) is 6.39. The maximum Gasteiger partial charge on any atom is 0.410 e. The Morgan fingerprint density at radius 2 is 2.11 bits per heavy atom. The van der Waals surface area contributed by atoms with Crippen molar-refractivity contribution in [3.8, 4) is 0 Å². The summed E-state index contributed by atoms with van der Waals surface area (Å²) >= 11 is 0. The first-order valence-corrected chi connectivity index (χ1v) is 6.39. The molecule has 1 aromatic rings. The van der Waals surface area contributed by atoms with Gasteiger partial charge in [0.2, 0.25) is 0 Å². The molecule has 1 aliphatic carbocycles. The number of carbonyl (C=O) groups is 1. The number of aliphatic hydroxyl groups is 1. The molecule has 1 amide bonds. The predicted octanol–water partition coefficient (Wildman–Crippen LogP) is 1.78. The van der Waals surface area contributed by atoms with Crippen LogP contribution >= 0.6 is 0 Å². The molecule has 1 saturated heterocycles. The average Bonchev–Trinajstić information content (AvgIpc) is 2.96. The molecule has 1 N–H and O–H groups in total. The zero-order valence-corrected chi connectivity index (χ0v) is 10.2. The minimum atomic E-state index is -0.252. The summed E-state index contributed by atoms with van der Waals surface area (Å²) in [5.41, 5.74) is 0.996. The van der Waals surface area contributed by atoms with Crippen molar-refractivity contribution >= 4 is 6.09 Å². The molecule has 3 rings (SSSR count). The van der Waals surface area contributed by atoms with Crippen LogP contribution in [0.4, 0.5) is 4.79 Å². The smallest absolute Gasteiger partial charge is 0.410 e. The van der Waals surface area contributed by atoms with Crippen LogP contribution in [0.1, 0.15) is 18.4 Å². The highest BCUT2D eigenvalue weighted by molar-refractivity contribution is 5.68. The van der Waals surface area contributed by atoms with Crippen molar-refractivity contribution in [2.24, 2.45) is 5.92 Å². The van der Waals surface area contributed by atoms with E-state index in [0.717, 1.165) is 12.0 Å². The molecule has 2 fully saturated rings. The molecule has 1 aliphatic heterocycles. The third-order valence-corrected chi connectivity index (χ3v) is 3.94. The van der Waals surface area contributed by atoms with Gasteiger partial charge in [-0.3, -0.25) is 0 Å². The summed E-state index contributed by atoms with van der Waals surface area (Å²) in [4.78, 5) is 13.7. The monoisotopic (exact) mass is 247 g/mol. The van der Waals surface area contributed by atoms with Crippen molar-refractivity contribution in [1.82, 2.24) is 4.90 Å². The first-order chi connectivity index (χ1) is 8.74. The van der Waals surface area contributed by atoms with Crippen molar-refractivity contribution in [2.45, 2.75) is 31.6 Å². The highest BCUT2D eigenvalue weighted by Crippen LogP contribution is 2.37. The third-order valence-electron chi connectivity index (χ3n) is 3.94. The van der Waals surface area contributed by atoms with E-state index in [-0.39, 0.29) is 24.2 Å². The maximum absolute atomic E-state index is 11.9. The molecule has 3 atom stereocenters. The summed E-state index contributed by atoms with van der Waals surface area (Å²) < 4.78 is 5.31. The van der Waals surface area contributed by atoms with Crippen LogP contribution < -0.4 is 0 Å². The number of likely N-dealkylation sites (tertiary alicyclic amines) is 1. The zero-order chi connectivity index (χ0) is 12.5. The van der Waals surface area contributed by atoms with Crippen molar-refractivity contribution in [1.29, 1.82) is 0 Å². The zero-order valence-electron chi connectivity index (χ0n) is 10.2. The molecule has 0 radical (unpaired) electrons. The van der Waals surface area contributed by atoms with Gasteiger partial charge in [-0.25, -0.2) is 4.79 Å². The highest BCUT2D eigenvalue weighted by Gasteiger charge is 2.46. The lowest BCUT2D eigenvalue weighted by Crippen LogP contribution is -2.41. The Balaban J connectivity index is 1.54. The normalized spacial score (nSPS) is 29.6. The SMILES string of the molecule is O=C(OCc1ccccc1)N1C[C@H]2C[C@H]1C[C@@H]2O. The number of amides is 1. The van der Waals surface area contributed by atoms with Gasteiger partial charge in [0.15, 0.2) is 0 Å². The lowest BCUT2D eigenvalue weighted by Gasteiger charge is -2.28. The fraction of sp³-hybridized carbons (Fsp3) is 0.500. The molecule has 2 bridgehead atoms. The second-order valence-corrected chi connectivity index (χ2v) is 5.15. The summed E-state index contributed by atoms with van der Waals surface area (Å²) in [6.45, 7) is 0.954. The van der Waals surface area contributed by atoms with Gasteiger partial charge in [0, 0.05) is 18.5 Å². The van der Waals surface area contributed by atoms with Crippen molar-refractivity contribution in [3.63, 3.8) is 0 Å². The van der Waals surface area contributed by atoms with Crippen LogP contribution in [0.5, 0.6) is 0 Å². The molecular formula is C14H17NO3. The van der Waals surface area contributed by atoms with Gasteiger partial charge in [0.25, 0.3) is 0 Å². The maximum atomic E-state index is 11.9. The molecule has 1 aromatic carbocycles. The molecule has 18 heavy (non-hydrogen) atoms. The van der Waals surface area contributed by atoms with E-state index in [1.165, 1.54) is 0 Å². The topological polar surface area (TPSA) is 49.8 Å². The summed E-state index contributed by atoms with van der Waals surface area (Å²) in [7, 11) is 0. The van der Waals surface area contributed by atoms with Crippen LogP contribution in [0.3, 0.4) is 0 Å². The Morgan fingerprint density at radius 1 is 1.33 bits per heavy atom. The van der Waals surface area contributed by atoms with Gasteiger partial charge in [0.1, 0.15) is 6.61 Å². The largest absolute Gasteiger partial charge is 0.445 e. The summed E-state index contributed by atoms with van der Waals surface area (Å²) in [6, 6.07) is 9.84. The Bertz CT molecular complexity index is 432. The number of nitrogens with zero attached hydrogens (tertiary/aromatic N) is 1. The van der Waals surface area contributed by atoms with Crippen LogP contribution in [0.15, 0.2) is 30.3 Å². The number of ether oxygens (including phenoxy) is 1. The van der Waals surface area contributed by atoms with E-state index in [0.29, 0.717) is 19.6 Å². The lowest BCUT2D eigenvalue weighted by atomic mass is 10.1. The van der Waals surface area contributed by atoms with E-state index in [2.05, 4.69) is 0 Å². The van der Waals surface area contributed by atoms with E-state index in [1.807, 2.05) is 30.3 Å². The standard InChI is InChI=1S/C14H17NO3/c16-13-7-12-6-11(13)8-15(12)14(17)18-9-10-4-2-1-3-5-10/h1-5,11-13,16H,6-9H2/t11-,12+,13+/m1/s1. The molecule has 1 heterocycles. The van der Waals surface area contributed by atoms with Crippen molar-refractivity contribution in [3.05, 3.63) is 35.9 Å². The third kappa shape index (κ3) is 2.08. The van der Waals surface area contributed by atoms with Crippen LogP contribution in [-0.4, -0.2) is 34.8 Å². The Morgan fingerprint density at radius 3 is 2.72 bits per heavy atom. The van der Waals surface area contributed by atoms with Crippen LogP contribution in [-0.2, 0) is 11.3 Å². The Labute approximate surface area is 106 Å². The fourth-order valence-corrected chi connectivity index (χ4v) is 2.95. The predicted molar refractivity (Wildman–Crippen MR) is 65.9 cm³/mol. The van der Waals surface area contributed by atoms with E-state index in [1.54, 1.807) is 4.90 Å². The number of rotatable bonds is 2. The summed E-state index contributed by atoms with van der Waals surface area (Å²) in [6.07, 6.45) is 1.14. The van der Waals surface area contributed by atoms with Gasteiger partial charge in [0.05, 0.1) is 6.10 Å². The van der Waals surface area contributed by atoms with E-state index in [4.69, 9.17) is 4.74 Å². The molecule has 0 unspecified atom stereocenters. The first kappa shape index (κ1) is 11.5. The number of carbonyl (C=O) groups excluding carboxylic acids is 1. The van der Waals surface area contributed by atoms with Crippen molar-refractivity contribution in [2.75, 3.05) is 6.54 Å². The van der Waals surface area contributed by atoms with Crippen LogP contribution in [0.25, 0.3) is 0 Å². The minimum absolute atomic E-state index is 0.174. The van der Waals surface area contributed by atoms with Gasteiger partial charge < -0.3 is 14.7 Å². The van der Waals surface area contributed by atoms with Gasteiger partial charge in [-0.05, 0) is 18.4 Å². The number of fused-ring (bicyclic) bond motifs is 2. The molecular weight excluding hydrogens is 230 g/mol. The fourth-order valence-electron chi connectivity index (χ4n) is 2.95. The van der Waals surface area contributed by atoms with Crippen LogP contribution in [0.2, 0.25) is 0 Å². The number of benzene rings is 1. The van der Waals surface area contributed by atoms with E-state index >= 15 is 0 Å². The summed E-state index contributed by atoms with van der Waals surface area (Å²) in [5.74, 6) is 0.249. The number of hydrogen-bond acceptors (Lipinski definition) is 3. The van der Waals surface area contributed by atoms with E-state index < -0.39 is 0 Å². The molecule has 4 nitrogen and oxygen atoms in total. The van der Waals surface area contributed by atoms with Gasteiger partial charge in [-0.2, -0.15) is 0 Å². The minimum Gasteiger partial charge on any atom is -0.445 e. The van der Waals surface area contributed by atoms with Gasteiger partial charge in [-0.15, -0.1) is 0 Å². The quantitative estimate of drug-likeness (QED) is 0.866. The summed E-state index contributed by atoms with van der Waals surface area (Å²) in [5, 5.41) is 9.65.